The van der Waals surface area contributed by atoms with Crippen molar-refractivity contribution in [3.8, 4) is 11.5 Å². The van der Waals surface area contributed by atoms with Crippen LogP contribution in [0.4, 0.5) is 0 Å². The fraction of sp³-hybridized carbons (Fsp3) is 0.429. The summed E-state index contributed by atoms with van der Waals surface area (Å²) in [7, 11) is 0. The molecule has 0 saturated carbocycles. The van der Waals surface area contributed by atoms with Crippen molar-refractivity contribution >= 4 is 11.8 Å². The van der Waals surface area contributed by atoms with Crippen LogP contribution >= 0.6 is 0 Å². The molecule has 0 aromatic heterocycles. The first kappa shape index (κ1) is 13.7. The maximum atomic E-state index is 11.4. The molecule has 0 aliphatic carbocycles. The molecule has 7 heteroatoms. The molecule has 0 saturated heterocycles. The topological polar surface area (TPSA) is 89.4 Å². The standard InChI is InChI=1S/C14H16N2O5/c1-2-3-8-4-9(5-11-12(8)21-7-20-11)14-15-10(6-19-14)13(17)16-18/h4-5,10,18H,2-3,6-7H2,1H3,(H,16,17). The van der Waals surface area contributed by atoms with Gasteiger partial charge in [0, 0.05) is 5.56 Å². The smallest absolute Gasteiger partial charge is 0.271 e. The van der Waals surface area contributed by atoms with E-state index in [4.69, 9.17) is 19.4 Å². The van der Waals surface area contributed by atoms with E-state index in [1.807, 2.05) is 6.07 Å². The van der Waals surface area contributed by atoms with Crippen molar-refractivity contribution in [2.75, 3.05) is 13.4 Å². The summed E-state index contributed by atoms with van der Waals surface area (Å²) < 4.78 is 16.4. The molecule has 1 aromatic carbocycles. The molecule has 2 heterocycles. The van der Waals surface area contributed by atoms with E-state index in [1.54, 1.807) is 11.5 Å². The van der Waals surface area contributed by atoms with Gasteiger partial charge < -0.3 is 14.2 Å². The number of carbonyl (C=O) groups excluding carboxylic acids is 1. The molecule has 0 spiro atoms. The third-order valence-corrected chi connectivity index (χ3v) is 3.38. The summed E-state index contributed by atoms with van der Waals surface area (Å²) in [6, 6.07) is 3.00. The van der Waals surface area contributed by atoms with E-state index in [0.717, 1.165) is 29.7 Å². The van der Waals surface area contributed by atoms with Gasteiger partial charge in [-0.15, -0.1) is 0 Å². The van der Waals surface area contributed by atoms with Crippen LogP contribution in [0.5, 0.6) is 11.5 Å². The molecule has 1 atom stereocenters. The molecule has 7 nitrogen and oxygen atoms in total. The van der Waals surface area contributed by atoms with Crippen molar-refractivity contribution in [1.29, 1.82) is 0 Å². The van der Waals surface area contributed by atoms with Gasteiger partial charge in [0.15, 0.2) is 17.5 Å². The largest absolute Gasteiger partial charge is 0.475 e. The van der Waals surface area contributed by atoms with Crippen LogP contribution in [0, 0.1) is 0 Å². The first-order valence-electron chi connectivity index (χ1n) is 6.80. The van der Waals surface area contributed by atoms with Crippen LogP contribution in [0.1, 0.15) is 24.5 Å². The predicted molar refractivity (Wildman–Crippen MR) is 72.8 cm³/mol. The van der Waals surface area contributed by atoms with Crippen LogP contribution in [0.25, 0.3) is 0 Å². The maximum absolute atomic E-state index is 11.4. The molecule has 1 aromatic rings. The van der Waals surface area contributed by atoms with Crippen molar-refractivity contribution in [2.24, 2.45) is 4.99 Å². The van der Waals surface area contributed by atoms with E-state index >= 15 is 0 Å². The van der Waals surface area contributed by atoms with Crippen molar-refractivity contribution < 1.29 is 24.2 Å². The molecule has 0 fully saturated rings. The minimum atomic E-state index is -0.731. The average molecular weight is 292 g/mol. The lowest BCUT2D eigenvalue weighted by molar-refractivity contribution is -0.130. The zero-order valence-corrected chi connectivity index (χ0v) is 11.6. The van der Waals surface area contributed by atoms with E-state index < -0.39 is 11.9 Å². The Labute approximate surface area is 121 Å². The Morgan fingerprint density at radius 2 is 2.29 bits per heavy atom. The Morgan fingerprint density at radius 1 is 1.43 bits per heavy atom. The second kappa shape index (κ2) is 5.61. The number of nitrogens with one attached hydrogen (secondary N) is 1. The number of carbonyl (C=O) groups is 1. The summed E-state index contributed by atoms with van der Waals surface area (Å²) in [5, 5.41) is 8.63. The molecule has 1 unspecified atom stereocenters. The number of rotatable bonds is 4. The van der Waals surface area contributed by atoms with Crippen molar-refractivity contribution in [3.05, 3.63) is 23.3 Å². The minimum Gasteiger partial charge on any atom is -0.475 e. The number of nitrogens with zero attached hydrogens (tertiary/aromatic N) is 1. The highest BCUT2D eigenvalue weighted by Crippen LogP contribution is 2.38. The maximum Gasteiger partial charge on any atom is 0.271 e. The fourth-order valence-electron chi connectivity index (χ4n) is 2.40. The SMILES string of the molecule is CCCc1cc(C2=NC(C(=O)NO)CO2)cc2c1OCO2. The first-order chi connectivity index (χ1) is 10.2. The number of hydrogen-bond donors (Lipinski definition) is 2. The molecule has 0 bridgehead atoms. The highest BCUT2D eigenvalue weighted by molar-refractivity contribution is 5.99. The summed E-state index contributed by atoms with van der Waals surface area (Å²) in [6.07, 6.45) is 1.83. The summed E-state index contributed by atoms with van der Waals surface area (Å²) >= 11 is 0. The van der Waals surface area contributed by atoms with E-state index in [-0.39, 0.29) is 13.4 Å². The Balaban J connectivity index is 1.93. The van der Waals surface area contributed by atoms with Crippen LogP contribution < -0.4 is 15.0 Å². The average Bonchev–Trinajstić information content (AvgIpc) is 3.15. The summed E-state index contributed by atoms with van der Waals surface area (Å²) in [5.41, 5.74) is 3.36. The van der Waals surface area contributed by atoms with Gasteiger partial charge in [0.2, 0.25) is 12.7 Å². The highest BCUT2D eigenvalue weighted by Gasteiger charge is 2.28. The number of hydrogen-bond acceptors (Lipinski definition) is 6. The minimum absolute atomic E-state index is 0.110. The van der Waals surface area contributed by atoms with Gasteiger partial charge in [-0.25, -0.2) is 10.5 Å². The molecular weight excluding hydrogens is 276 g/mol. The van der Waals surface area contributed by atoms with Gasteiger partial charge in [-0.2, -0.15) is 0 Å². The molecule has 2 aliphatic rings. The molecular formula is C14H16N2O5. The lowest BCUT2D eigenvalue weighted by Gasteiger charge is -2.08. The number of ether oxygens (including phenoxy) is 3. The fourth-order valence-corrected chi connectivity index (χ4v) is 2.40. The molecule has 21 heavy (non-hydrogen) atoms. The van der Waals surface area contributed by atoms with Crippen LogP contribution in [0.15, 0.2) is 17.1 Å². The number of hydroxylamine groups is 1. The number of aliphatic imine (C=N–C) groups is 1. The molecule has 2 N–H and O–H groups in total. The van der Waals surface area contributed by atoms with Gasteiger partial charge in [-0.1, -0.05) is 13.3 Å². The number of fused-ring (bicyclic) bond motifs is 1. The van der Waals surface area contributed by atoms with E-state index in [2.05, 4.69) is 11.9 Å². The van der Waals surface area contributed by atoms with Crippen LogP contribution in [0.3, 0.4) is 0 Å². The van der Waals surface area contributed by atoms with Gasteiger partial charge in [-0.3, -0.25) is 10.0 Å². The molecule has 3 rings (SSSR count). The Hall–Kier alpha value is -2.28. The van der Waals surface area contributed by atoms with Gasteiger partial charge >= 0.3 is 0 Å². The molecule has 112 valence electrons. The zero-order chi connectivity index (χ0) is 14.8. The van der Waals surface area contributed by atoms with Gasteiger partial charge in [-0.05, 0) is 24.1 Å². The van der Waals surface area contributed by atoms with Crippen molar-refractivity contribution in [3.63, 3.8) is 0 Å². The summed E-state index contributed by atoms with van der Waals surface area (Å²) in [4.78, 5) is 15.5. The lowest BCUT2D eigenvalue weighted by Crippen LogP contribution is -2.31. The van der Waals surface area contributed by atoms with E-state index in [1.165, 1.54) is 0 Å². The third kappa shape index (κ3) is 2.52. The molecule has 0 radical (unpaired) electrons. The van der Waals surface area contributed by atoms with Gasteiger partial charge in [0.05, 0.1) is 0 Å². The molecule has 1 amide bonds. The van der Waals surface area contributed by atoms with Crippen molar-refractivity contribution in [2.45, 2.75) is 25.8 Å². The van der Waals surface area contributed by atoms with Crippen LogP contribution in [-0.4, -0.2) is 36.5 Å². The van der Waals surface area contributed by atoms with Crippen LogP contribution in [-0.2, 0) is 16.0 Å². The summed E-state index contributed by atoms with van der Waals surface area (Å²) in [6.45, 7) is 2.40. The molecule has 2 aliphatic heterocycles. The summed E-state index contributed by atoms with van der Waals surface area (Å²) in [5.74, 6) is 1.22. The van der Waals surface area contributed by atoms with Crippen molar-refractivity contribution in [1.82, 2.24) is 5.48 Å². The van der Waals surface area contributed by atoms with Crippen LogP contribution in [0.2, 0.25) is 0 Å². The zero-order valence-electron chi connectivity index (χ0n) is 11.6. The van der Waals surface area contributed by atoms with Gasteiger partial charge in [0.1, 0.15) is 6.61 Å². The number of aryl methyl sites for hydroxylation is 1. The monoisotopic (exact) mass is 292 g/mol. The predicted octanol–water partition coefficient (Wildman–Crippen LogP) is 1.02. The lowest BCUT2D eigenvalue weighted by atomic mass is 10.0. The highest BCUT2D eigenvalue weighted by atomic mass is 16.7. The number of amides is 1. The second-order valence-electron chi connectivity index (χ2n) is 4.86. The Morgan fingerprint density at radius 3 is 3.05 bits per heavy atom. The Bertz CT molecular complexity index is 599. The second-order valence-corrected chi connectivity index (χ2v) is 4.86. The van der Waals surface area contributed by atoms with Gasteiger partial charge in [0.25, 0.3) is 5.91 Å². The third-order valence-electron chi connectivity index (χ3n) is 3.38. The number of benzene rings is 1. The van der Waals surface area contributed by atoms with E-state index in [0.29, 0.717) is 11.6 Å². The Kier molecular flexibility index (Phi) is 3.66. The first-order valence-corrected chi connectivity index (χ1v) is 6.80. The van der Waals surface area contributed by atoms with E-state index in [9.17, 15) is 4.79 Å². The normalized spacial score (nSPS) is 19.1. The quantitative estimate of drug-likeness (QED) is 0.639.